The molecule has 0 aliphatic carbocycles. The number of rotatable bonds is 4. The van der Waals surface area contributed by atoms with Crippen molar-refractivity contribution in [1.29, 1.82) is 0 Å². The molecular formula is C14H13N5OS. The summed E-state index contributed by atoms with van der Waals surface area (Å²) in [7, 11) is 0. The molecule has 7 heteroatoms. The lowest BCUT2D eigenvalue weighted by Crippen LogP contribution is -2.20. The monoisotopic (exact) mass is 299 g/mol. The number of hydrogen-bond acceptors (Lipinski definition) is 6. The summed E-state index contributed by atoms with van der Waals surface area (Å²) in [5, 5.41) is 12.1. The Bertz CT molecular complexity index is 783. The first-order valence-corrected chi connectivity index (χ1v) is 7.18. The maximum atomic E-state index is 12.0. The molecule has 2 aromatic heterocycles. The molecule has 0 spiro atoms. The summed E-state index contributed by atoms with van der Waals surface area (Å²) in [5.74, 6) is 0. The number of hydrogen-bond donors (Lipinski definition) is 1. The third kappa shape index (κ3) is 2.97. The van der Waals surface area contributed by atoms with Gasteiger partial charge in [0.25, 0.3) is 0 Å². The molecule has 2 heterocycles. The summed E-state index contributed by atoms with van der Waals surface area (Å²) in [6.45, 7) is 2.21. The lowest BCUT2D eigenvalue weighted by molar-refractivity contribution is 0.759. The van der Waals surface area contributed by atoms with Crippen LogP contribution in [0.2, 0.25) is 0 Å². The van der Waals surface area contributed by atoms with Crippen LogP contribution in [-0.4, -0.2) is 19.4 Å². The van der Waals surface area contributed by atoms with Gasteiger partial charge in [0, 0.05) is 23.3 Å². The first-order valence-electron chi connectivity index (χ1n) is 6.40. The van der Waals surface area contributed by atoms with Gasteiger partial charge in [-0.05, 0) is 19.1 Å². The molecule has 0 aliphatic heterocycles. The third-order valence-corrected chi connectivity index (χ3v) is 3.59. The Morgan fingerprint density at radius 3 is 2.81 bits per heavy atom. The van der Waals surface area contributed by atoms with Crippen LogP contribution in [0.4, 0.5) is 5.00 Å². The molecule has 3 rings (SSSR count). The number of nitrogens with one attached hydrogen (secondary N) is 1. The van der Waals surface area contributed by atoms with Crippen LogP contribution in [0.5, 0.6) is 0 Å². The fraction of sp³-hybridized carbons (Fsp3) is 0.143. The molecule has 106 valence electrons. The Kier molecular flexibility index (Phi) is 3.74. The van der Waals surface area contributed by atoms with Crippen LogP contribution < -0.4 is 10.7 Å². The maximum absolute atomic E-state index is 12.0. The van der Waals surface area contributed by atoms with E-state index in [-0.39, 0.29) is 5.43 Å². The molecule has 0 bridgehead atoms. The molecule has 0 atom stereocenters. The van der Waals surface area contributed by atoms with Crippen LogP contribution >= 0.6 is 11.5 Å². The van der Waals surface area contributed by atoms with Crippen LogP contribution in [0.1, 0.15) is 11.4 Å². The van der Waals surface area contributed by atoms with Crippen LogP contribution in [0, 0.1) is 6.92 Å². The molecule has 3 aromatic rings. The highest BCUT2D eigenvalue weighted by atomic mass is 32.1. The molecule has 0 fully saturated rings. The zero-order chi connectivity index (χ0) is 14.7. The number of para-hydroxylation sites is 1. The number of nitrogens with zero attached hydrogens (tertiary/aromatic N) is 4. The lowest BCUT2D eigenvalue weighted by atomic mass is 10.3. The first kappa shape index (κ1) is 13.4. The van der Waals surface area contributed by atoms with Gasteiger partial charge in [0.2, 0.25) is 5.43 Å². The second kappa shape index (κ2) is 5.84. The number of benzene rings is 1. The van der Waals surface area contributed by atoms with Crippen molar-refractivity contribution in [3.8, 4) is 5.69 Å². The van der Waals surface area contributed by atoms with Gasteiger partial charge < -0.3 is 5.32 Å². The molecule has 1 N–H and O–H groups in total. The normalized spacial score (nSPS) is 10.5. The molecule has 1 aromatic carbocycles. The summed E-state index contributed by atoms with van der Waals surface area (Å²) >= 11 is 1.24. The van der Waals surface area contributed by atoms with Crippen molar-refractivity contribution in [1.82, 2.24) is 19.4 Å². The minimum Gasteiger partial charge on any atom is -0.368 e. The average Bonchev–Trinajstić information content (AvgIpc) is 3.01. The fourth-order valence-corrected chi connectivity index (χ4v) is 2.37. The number of aryl methyl sites for hydroxylation is 1. The predicted octanol–water partition coefficient (Wildman–Crippen LogP) is 2.00. The van der Waals surface area contributed by atoms with Crippen molar-refractivity contribution < 1.29 is 0 Å². The zero-order valence-electron chi connectivity index (χ0n) is 11.4. The Morgan fingerprint density at radius 2 is 2.10 bits per heavy atom. The Hall–Kier alpha value is -2.54. The third-order valence-electron chi connectivity index (χ3n) is 2.97. The van der Waals surface area contributed by atoms with Crippen molar-refractivity contribution in [2.75, 3.05) is 5.32 Å². The standard InChI is InChI=1S/C14H13N5OS/c1-10-7-13(20)12(8-15-14-9-16-18-21-14)17-19(10)11-5-3-2-4-6-11/h2-7,9,15H,8H2,1H3. The topological polar surface area (TPSA) is 72.7 Å². The van der Waals surface area contributed by atoms with E-state index in [1.165, 1.54) is 11.5 Å². The van der Waals surface area contributed by atoms with Gasteiger partial charge in [-0.2, -0.15) is 5.10 Å². The minimum atomic E-state index is -0.0790. The smallest absolute Gasteiger partial charge is 0.205 e. The average molecular weight is 299 g/mol. The van der Waals surface area contributed by atoms with Crippen LogP contribution in [0.25, 0.3) is 5.69 Å². The summed E-state index contributed by atoms with van der Waals surface area (Å²) in [6.07, 6.45) is 1.62. The van der Waals surface area contributed by atoms with Crippen molar-refractivity contribution in [3.63, 3.8) is 0 Å². The highest BCUT2D eigenvalue weighted by Gasteiger charge is 2.08. The van der Waals surface area contributed by atoms with E-state index < -0.39 is 0 Å². The molecule has 21 heavy (non-hydrogen) atoms. The highest BCUT2D eigenvalue weighted by Crippen LogP contribution is 2.11. The molecule has 0 aliphatic rings. The molecule has 0 saturated heterocycles. The Morgan fingerprint density at radius 1 is 1.29 bits per heavy atom. The quantitative estimate of drug-likeness (QED) is 0.797. The van der Waals surface area contributed by atoms with Gasteiger partial charge in [-0.25, -0.2) is 4.68 Å². The highest BCUT2D eigenvalue weighted by molar-refractivity contribution is 7.09. The minimum absolute atomic E-state index is 0.0790. The fourth-order valence-electron chi connectivity index (χ4n) is 1.95. The van der Waals surface area contributed by atoms with E-state index in [9.17, 15) is 4.79 Å². The molecule has 0 radical (unpaired) electrons. The largest absolute Gasteiger partial charge is 0.368 e. The predicted molar refractivity (Wildman–Crippen MR) is 81.8 cm³/mol. The van der Waals surface area contributed by atoms with Gasteiger partial charge in [-0.15, -0.1) is 5.10 Å². The van der Waals surface area contributed by atoms with E-state index >= 15 is 0 Å². The van der Waals surface area contributed by atoms with E-state index in [0.29, 0.717) is 12.2 Å². The summed E-state index contributed by atoms with van der Waals surface area (Å²) in [5.41, 5.74) is 2.10. The molecular weight excluding hydrogens is 286 g/mol. The van der Waals surface area contributed by atoms with Gasteiger partial charge >= 0.3 is 0 Å². The summed E-state index contributed by atoms with van der Waals surface area (Å²) in [4.78, 5) is 12.0. The number of anilines is 1. The van der Waals surface area contributed by atoms with Gasteiger partial charge in [-0.3, -0.25) is 4.79 Å². The molecule has 0 saturated carbocycles. The van der Waals surface area contributed by atoms with Crippen LogP contribution in [0.3, 0.4) is 0 Å². The van der Waals surface area contributed by atoms with Crippen molar-refractivity contribution in [2.24, 2.45) is 0 Å². The van der Waals surface area contributed by atoms with E-state index in [1.807, 2.05) is 37.3 Å². The molecule has 0 amide bonds. The SMILES string of the molecule is Cc1cc(=O)c(CNc2cnns2)nn1-c1ccccc1. The van der Waals surface area contributed by atoms with Gasteiger partial charge in [0.1, 0.15) is 10.7 Å². The Labute approximate surface area is 125 Å². The maximum Gasteiger partial charge on any atom is 0.205 e. The van der Waals surface area contributed by atoms with Crippen LogP contribution in [0.15, 0.2) is 47.4 Å². The Balaban J connectivity index is 1.92. The van der Waals surface area contributed by atoms with Crippen molar-refractivity contribution in [2.45, 2.75) is 13.5 Å². The second-order valence-corrected chi connectivity index (χ2v) is 5.27. The molecule has 0 unspecified atom stereocenters. The van der Waals surface area contributed by atoms with Gasteiger partial charge in [-0.1, -0.05) is 22.7 Å². The summed E-state index contributed by atoms with van der Waals surface area (Å²) < 4.78 is 5.53. The van der Waals surface area contributed by atoms with E-state index in [4.69, 9.17) is 0 Å². The second-order valence-electron chi connectivity index (χ2n) is 4.48. The zero-order valence-corrected chi connectivity index (χ0v) is 12.2. The van der Waals surface area contributed by atoms with E-state index in [2.05, 4.69) is 20.0 Å². The van der Waals surface area contributed by atoms with Crippen molar-refractivity contribution in [3.05, 3.63) is 64.2 Å². The van der Waals surface area contributed by atoms with E-state index in [1.54, 1.807) is 16.9 Å². The van der Waals surface area contributed by atoms with Gasteiger partial charge in [0.05, 0.1) is 18.4 Å². The first-order chi connectivity index (χ1) is 10.2. The van der Waals surface area contributed by atoms with Crippen LogP contribution in [-0.2, 0) is 6.54 Å². The van der Waals surface area contributed by atoms with Crippen molar-refractivity contribution >= 4 is 16.5 Å². The summed E-state index contributed by atoms with van der Waals surface area (Å²) in [6, 6.07) is 11.3. The van der Waals surface area contributed by atoms with E-state index in [0.717, 1.165) is 16.4 Å². The lowest BCUT2D eigenvalue weighted by Gasteiger charge is -2.11. The number of aromatic nitrogens is 4. The molecule has 6 nitrogen and oxygen atoms in total. The van der Waals surface area contributed by atoms with Gasteiger partial charge in [0.15, 0.2) is 0 Å².